The van der Waals surface area contributed by atoms with Gasteiger partial charge in [0, 0.05) is 12.7 Å². The number of morpholine rings is 1. The summed E-state index contributed by atoms with van der Waals surface area (Å²) >= 11 is 0. The van der Waals surface area contributed by atoms with Crippen LogP contribution in [0.2, 0.25) is 0 Å². The van der Waals surface area contributed by atoms with E-state index in [0.29, 0.717) is 31.1 Å². The first kappa shape index (κ1) is 15.6. The lowest BCUT2D eigenvalue weighted by atomic mass is 10.1. The average molecular weight is 315 g/mol. The van der Waals surface area contributed by atoms with E-state index in [1.165, 1.54) is 12.1 Å². The smallest absolute Gasteiger partial charge is 0.227 e. The predicted octanol–water partition coefficient (Wildman–Crippen LogP) is 2.07. The Morgan fingerprint density at radius 3 is 3.09 bits per heavy atom. The summed E-state index contributed by atoms with van der Waals surface area (Å²) in [6.07, 6.45) is 1.63. The molecule has 1 aliphatic rings. The van der Waals surface area contributed by atoms with Crippen molar-refractivity contribution in [2.24, 2.45) is 0 Å². The van der Waals surface area contributed by atoms with Gasteiger partial charge in [0.2, 0.25) is 5.91 Å². The molecular formula is C17H18FN3O2. The second-order valence-electron chi connectivity index (χ2n) is 5.53. The summed E-state index contributed by atoms with van der Waals surface area (Å²) in [6, 6.07) is 7.94. The van der Waals surface area contributed by atoms with Gasteiger partial charge in [-0.05, 0) is 30.7 Å². The van der Waals surface area contributed by atoms with Gasteiger partial charge in [0.25, 0.3) is 0 Å². The molecule has 1 aromatic carbocycles. The van der Waals surface area contributed by atoms with E-state index in [-0.39, 0.29) is 24.2 Å². The molecule has 2 heterocycles. The van der Waals surface area contributed by atoms with Crippen molar-refractivity contribution < 1.29 is 13.9 Å². The van der Waals surface area contributed by atoms with Crippen LogP contribution in [0.3, 0.4) is 0 Å². The summed E-state index contributed by atoms with van der Waals surface area (Å²) < 4.78 is 18.9. The first-order valence-corrected chi connectivity index (χ1v) is 7.55. The number of ether oxygens (including phenoxy) is 1. The monoisotopic (exact) mass is 315 g/mol. The van der Waals surface area contributed by atoms with E-state index in [1.807, 2.05) is 6.92 Å². The maximum Gasteiger partial charge on any atom is 0.227 e. The number of carbonyl (C=O) groups is 1. The summed E-state index contributed by atoms with van der Waals surface area (Å²) in [6.45, 7) is 3.27. The van der Waals surface area contributed by atoms with Gasteiger partial charge < -0.3 is 9.64 Å². The highest BCUT2D eigenvalue weighted by atomic mass is 19.1. The van der Waals surface area contributed by atoms with Crippen molar-refractivity contribution in [2.45, 2.75) is 19.4 Å². The van der Waals surface area contributed by atoms with Crippen LogP contribution in [-0.2, 0) is 16.0 Å². The number of rotatable bonds is 3. The molecule has 1 amide bonds. The number of benzene rings is 1. The number of halogens is 1. The molecule has 1 unspecified atom stereocenters. The molecule has 1 aromatic heterocycles. The second-order valence-corrected chi connectivity index (χ2v) is 5.53. The van der Waals surface area contributed by atoms with Crippen LogP contribution in [0, 0.1) is 12.7 Å². The Bertz CT molecular complexity index is 708. The first-order chi connectivity index (χ1) is 11.1. The van der Waals surface area contributed by atoms with Gasteiger partial charge in [0.1, 0.15) is 17.7 Å². The molecule has 0 aliphatic carbocycles. The van der Waals surface area contributed by atoms with Gasteiger partial charge in [0.05, 0.1) is 25.3 Å². The number of nitrogens with zero attached hydrogens (tertiary/aromatic N) is 3. The Kier molecular flexibility index (Phi) is 4.62. The number of carbonyl (C=O) groups excluding carboxylic acids is 1. The molecule has 1 atom stereocenters. The molecule has 1 aliphatic heterocycles. The zero-order valence-electron chi connectivity index (χ0n) is 12.9. The van der Waals surface area contributed by atoms with Gasteiger partial charge in [-0.1, -0.05) is 12.1 Å². The minimum absolute atomic E-state index is 0.0327. The third-order valence-corrected chi connectivity index (χ3v) is 3.79. The van der Waals surface area contributed by atoms with E-state index in [2.05, 4.69) is 9.97 Å². The molecule has 3 rings (SSSR count). The van der Waals surface area contributed by atoms with E-state index >= 15 is 0 Å². The van der Waals surface area contributed by atoms with Crippen LogP contribution >= 0.6 is 0 Å². The van der Waals surface area contributed by atoms with Crippen LogP contribution in [0.25, 0.3) is 0 Å². The van der Waals surface area contributed by atoms with Crippen LogP contribution < -0.4 is 0 Å². The van der Waals surface area contributed by atoms with Crippen molar-refractivity contribution in [3.63, 3.8) is 0 Å². The van der Waals surface area contributed by atoms with Crippen molar-refractivity contribution >= 4 is 5.91 Å². The Hall–Kier alpha value is -2.34. The minimum Gasteiger partial charge on any atom is -0.368 e. The Morgan fingerprint density at radius 2 is 2.30 bits per heavy atom. The maximum atomic E-state index is 13.2. The fourth-order valence-corrected chi connectivity index (χ4v) is 2.64. The lowest BCUT2D eigenvalue weighted by Crippen LogP contribution is -2.43. The lowest BCUT2D eigenvalue weighted by molar-refractivity contribution is -0.138. The highest BCUT2D eigenvalue weighted by Gasteiger charge is 2.26. The lowest BCUT2D eigenvalue weighted by Gasteiger charge is -2.32. The second kappa shape index (κ2) is 6.83. The summed E-state index contributed by atoms with van der Waals surface area (Å²) in [5.74, 6) is 0.315. The van der Waals surface area contributed by atoms with Crippen molar-refractivity contribution in [1.82, 2.24) is 14.9 Å². The molecule has 23 heavy (non-hydrogen) atoms. The maximum absolute atomic E-state index is 13.2. The molecule has 0 N–H and O–H groups in total. The Balaban J connectivity index is 1.67. The molecule has 0 saturated carbocycles. The summed E-state index contributed by atoms with van der Waals surface area (Å²) in [5, 5.41) is 0. The van der Waals surface area contributed by atoms with Gasteiger partial charge in [0.15, 0.2) is 0 Å². The predicted molar refractivity (Wildman–Crippen MR) is 82.1 cm³/mol. The number of hydrogen-bond donors (Lipinski definition) is 0. The molecule has 1 fully saturated rings. The number of amides is 1. The molecule has 0 spiro atoms. The zero-order chi connectivity index (χ0) is 16.2. The van der Waals surface area contributed by atoms with E-state index < -0.39 is 0 Å². The third kappa shape index (κ3) is 3.90. The van der Waals surface area contributed by atoms with Gasteiger partial charge in [-0.2, -0.15) is 0 Å². The van der Waals surface area contributed by atoms with Crippen molar-refractivity contribution in [3.05, 3.63) is 59.4 Å². The van der Waals surface area contributed by atoms with Crippen LogP contribution in [0.5, 0.6) is 0 Å². The summed E-state index contributed by atoms with van der Waals surface area (Å²) in [7, 11) is 0. The summed E-state index contributed by atoms with van der Waals surface area (Å²) in [4.78, 5) is 22.6. The molecular weight excluding hydrogens is 297 g/mol. The van der Waals surface area contributed by atoms with E-state index in [0.717, 1.165) is 5.69 Å². The molecule has 0 radical (unpaired) electrons. The van der Waals surface area contributed by atoms with Crippen LogP contribution in [0.15, 0.2) is 36.5 Å². The highest BCUT2D eigenvalue weighted by molar-refractivity contribution is 5.78. The standard InChI is InChI=1S/C17H18FN3O2/c1-12-19-6-5-15(20-12)16-11-21(7-8-23-16)17(22)10-13-3-2-4-14(18)9-13/h2-6,9,16H,7-8,10-11H2,1H3. The van der Waals surface area contributed by atoms with E-state index in [4.69, 9.17) is 4.74 Å². The quantitative estimate of drug-likeness (QED) is 0.870. The largest absolute Gasteiger partial charge is 0.368 e. The molecule has 6 heteroatoms. The zero-order valence-corrected chi connectivity index (χ0v) is 12.9. The van der Waals surface area contributed by atoms with Crippen LogP contribution in [0.1, 0.15) is 23.2 Å². The normalized spacial score (nSPS) is 18.0. The fraction of sp³-hybridized carbons (Fsp3) is 0.353. The third-order valence-electron chi connectivity index (χ3n) is 3.79. The number of aromatic nitrogens is 2. The van der Waals surface area contributed by atoms with Crippen molar-refractivity contribution in [1.29, 1.82) is 0 Å². The van der Waals surface area contributed by atoms with Gasteiger partial charge in [-0.3, -0.25) is 4.79 Å². The Labute approximate surface area is 134 Å². The topological polar surface area (TPSA) is 55.3 Å². The van der Waals surface area contributed by atoms with Crippen molar-refractivity contribution in [3.8, 4) is 0 Å². The average Bonchev–Trinajstić information content (AvgIpc) is 2.55. The highest BCUT2D eigenvalue weighted by Crippen LogP contribution is 2.21. The molecule has 2 aromatic rings. The molecule has 5 nitrogen and oxygen atoms in total. The van der Waals surface area contributed by atoms with Crippen LogP contribution in [0.4, 0.5) is 4.39 Å². The van der Waals surface area contributed by atoms with Gasteiger partial charge >= 0.3 is 0 Å². The van der Waals surface area contributed by atoms with Gasteiger partial charge in [-0.25, -0.2) is 14.4 Å². The number of hydrogen-bond acceptors (Lipinski definition) is 4. The van der Waals surface area contributed by atoms with E-state index in [9.17, 15) is 9.18 Å². The SMILES string of the molecule is Cc1nccc(C2CN(C(=O)Cc3cccc(F)c3)CCO2)n1. The summed E-state index contributed by atoms with van der Waals surface area (Å²) in [5.41, 5.74) is 1.46. The van der Waals surface area contributed by atoms with Crippen molar-refractivity contribution in [2.75, 3.05) is 19.7 Å². The minimum atomic E-state index is -0.327. The van der Waals surface area contributed by atoms with Gasteiger partial charge in [-0.15, -0.1) is 0 Å². The molecule has 1 saturated heterocycles. The molecule has 120 valence electrons. The first-order valence-electron chi connectivity index (χ1n) is 7.55. The Morgan fingerprint density at radius 1 is 1.43 bits per heavy atom. The fourth-order valence-electron chi connectivity index (χ4n) is 2.64. The van der Waals surface area contributed by atoms with E-state index in [1.54, 1.807) is 29.3 Å². The molecule has 0 bridgehead atoms. The van der Waals surface area contributed by atoms with Crippen LogP contribution in [-0.4, -0.2) is 40.5 Å². The number of aryl methyl sites for hydroxylation is 1.